The average Bonchev–Trinajstić information content (AvgIpc) is 2.72. The molecule has 32 heavy (non-hydrogen) atoms. The summed E-state index contributed by atoms with van der Waals surface area (Å²) in [6, 6.07) is 4.56. The predicted octanol–water partition coefficient (Wildman–Crippen LogP) is 5.88. The minimum atomic E-state index is -4.16. The third-order valence-electron chi connectivity index (χ3n) is 4.65. The van der Waals surface area contributed by atoms with E-state index in [0.717, 1.165) is 18.6 Å². The topological polar surface area (TPSA) is 36.9 Å². The molecule has 1 heterocycles. The minimum absolute atomic E-state index is 0.00497. The van der Waals surface area contributed by atoms with Gasteiger partial charge in [0.05, 0.1) is 32.0 Å². The van der Waals surface area contributed by atoms with Crippen molar-refractivity contribution >= 4 is 0 Å². The number of allylic oxidation sites excluding steroid dienone is 1. The van der Waals surface area contributed by atoms with Crippen LogP contribution in [0.4, 0.5) is 22.0 Å². The van der Waals surface area contributed by atoms with Crippen molar-refractivity contribution in [1.29, 1.82) is 0 Å². The Morgan fingerprint density at radius 2 is 1.72 bits per heavy atom. The lowest BCUT2D eigenvalue weighted by Gasteiger charge is -2.29. The Bertz CT molecular complexity index is 906. The monoisotopic (exact) mass is 458 g/mol. The van der Waals surface area contributed by atoms with Crippen molar-refractivity contribution in [1.82, 2.24) is 0 Å². The van der Waals surface area contributed by atoms with E-state index in [9.17, 15) is 22.0 Å². The summed E-state index contributed by atoms with van der Waals surface area (Å²) in [6.07, 6.45) is -0.333. The largest absolute Gasteiger partial charge is 0.429 e. The number of benzene rings is 2. The first-order chi connectivity index (χ1) is 15.3. The van der Waals surface area contributed by atoms with Crippen molar-refractivity contribution in [2.75, 3.05) is 26.4 Å². The molecule has 174 valence electrons. The lowest BCUT2D eigenvalue weighted by Crippen LogP contribution is -2.30. The van der Waals surface area contributed by atoms with E-state index in [0.29, 0.717) is 44.6 Å². The lowest BCUT2D eigenvalue weighted by molar-refractivity contribution is -0.212. The summed E-state index contributed by atoms with van der Waals surface area (Å²) in [4.78, 5) is 0. The second-order valence-corrected chi connectivity index (χ2v) is 7.26. The van der Waals surface area contributed by atoms with Gasteiger partial charge in [-0.1, -0.05) is 18.2 Å². The molecule has 1 fully saturated rings. The summed E-state index contributed by atoms with van der Waals surface area (Å²) in [5.74, 6) is -4.23. The Hall–Kier alpha value is -2.49. The van der Waals surface area contributed by atoms with Crippen molar-refractivity contribution in [2.24, 2.45) is 5.92 Å². The van der Waals surface area contributed by atoms with Crippen LogP contribution in [0.15, 0.2) is 48.6 Å². The van der Waals surface area contributed by atoms with Gasteiger partial charge in [0.15, 0.2) is 6.29 Å². The summed E-state index contributed by atoms with van der Waals surface area (Å²) >= 11 is 0. The van der Waals surface area contributed by atoms with Crippen molar-refractivity contribution in [3.8, 4) is 5.75 Å². The van der Waals surface area contributed by atoms with Gasteiger partial charge in [-0.25, -0.2) is 13.2 Å². The first-order valence-corrected chi connectivity index (χ1v) is 10.0. The molecule has 4 nitrogen and oxygen atoms in total. The fourth-order valence-electron chi connectivity index (χ4n) is 3.10. The highest BCUT2D eigenvalue weighted by molar-refractivity contribution is 5.30. The zero-order valence-electron chi connectivity index (χ0n) is 17.3. The van der Waals surface area contributed by atoms with E-state index in [-0.39, 0.29) is 11.5 Å². The number of alkyl halides is 2. The summed E-state index contributed by atoms with van der Waals surface area (Å²) in [5, 5.41) is 0. The molecule has 0 aromatic heterocycles. The molecule has 1 aliphatic rings. The van der Waals surface area contributed by atoms with Crippen LogP contribution in [0.25, 0.3) is 0 Å². The van der Waals surface area contributed by atoms with Crippen LogP contribution < -0.4 is 4.74 Å². The van der Waals surface area contributed by atoms with Gasteiger partial charge in [-0.2, -0.15) is 8.78 Å². The standard InChI is InChI=1S/C23H23F5O4/c1-2-3-4-7-29-12-15-13-30-22(31-14-15)16-5-6-20(21(26)8-16)23(27,28)32-19-10-17(24)9-18(25)11-19/h2-3,5-6,8-11,15,22H,4,7,12-14H2,1H3/b3-2+. The molecule has 0 saturated carbocycles. The number of hydrogen-bond donors (Lipinski definition) is 0. The highest BCUT2D eigenvalue weighted by Gasteiger charge is 2.38. The van der Waals surface area contributed by atoms with E-state index < -0.39 is 41.2 Å². The maximum absolute atomic E-state index is 14.5. The molecule has 0 atom stereocenters. The molecular weight excluding hydrogens is 435 g/mol. The van der Waals surface area contributed by atoms with Gasteiger partial charge in [0.2, 0.25) is 0 Å². The molecule has 2 aromatic carbocycles. The number of rotatable bonds is 9. The molecule has 1 saturated heterocycles. The van der Waals surface area contributed by atoms with Crippen LogP contribution in [0, 0.1) is 23.4 Å². The maximum Gasteiger partial charge on any atom is 0.429 e. The van der Waals surface area contributed by atoms with Crippen molar-refractivity contribution in [2.45, 2.75) is 25.7 Å². The van der Waals surface area contributed by atoms with Crippen molar-refractivity contribution < 1.29 is 40.9 Å². The molecule has 0 aliphatic carbocycles. The Kier molecular flexibility index (Phi) is 8.22. The van der Waals surface area contributed by atoms with Crippen molar-refractivity contribution in [3.05, 3.63) is 77.1 Å². The molecule has 1 aliphatic heterocycles. The van der Waals surface area contributed by atoms with Crippen LogP contribution in [-0.2, 0) is 20.3 Å². The predicted molar refractivity (Wildman–Crippen MR) is 106 cm³/mol. The van der Waals surface area contributed by atoms with Crippen LogP contribution >= 0.6 is 0 Å². The molecule has 0 N–H and O–H groups in total. The van der Waals surface area contributed by atoms with E-state index in [1.54, 1.807) is 0 Å². The van der Waals surface area contributed by atoms with Crippen LogP contribution in [0.3, 0.4) is 0 Å². The van der Waals surface area contributed by atoms with Crippen LogP contribution in [0.5, 0.6) is 5.75 Å². The molecule has 0 radical (unpaired) electrons. The fourth-order valence-corrected chi connectivity index (χ4v) is 3.10. The number of hydrogen-bond acceptors (Lipinski definition) is 4. The zero-order valence-corrected chi connectivity index (χ0v) is 17.3. The highest BCUT2D eigenvalue weighted by Crippen LogP contribution is 2.35. The smallest absolute Gasteiger partial charge is 0.429 e. The molecular formula is C23H23F5O4. The Balaban J connectivity index is 1.59. The molecule has 0 amide bonds. The number of halogens is 5. The van der Waals surface area contributed by atoms with E-state index in [4.69, 9.17) is 14.2 Å². The molecule has 0 bridgehead atoms. The summed E-state index contributed by atoms with van der Waals surface area (Å²) in [5.41, 5.74) is -0.875. The zero-order chi connectivity index (χ0) is 23.1. The third-order valence-corrected chi connectivity index (χ3v) is 4.65. The summed E-state index contributed by atoms with van der Waals surface area (Å²) in [7, 11) is 0. The van der Waals surface area contributed by atoms with Gasteiger partial charge in [-0.15, -0.1) is 0 Å². The number of ether oxygens (including phenoxy) is 4. The average molecular weight is 458 g/mol. The second kappa shape index (κ2) is 10.9. The Labute approximate surface area is 182 Å². The Morgan fingerprint density at radius 3 is 2.34 bits per heavy atom. The quantitative estimate of drug-likeness (QED) is 0.267. The van der Waals surface area contributed by atoms with Gasteiger partial charge in [0, 0.05) is 29.7 Å². The molecule has 3 rings (SSSR count). The van der Waals surface area contributed by atoms with Crippen LogP contribution in [0.2, 0.25) is 0 Å². The highest BCUT2D eigenvalue weighted by atomic mass is 19.3. The summed E-state index contributed by atoms with van der Waals surface area (Å²) < 4.78 is 90.7. The summed E-state index contributed by atoms with van der Waals surface area (Å²) in [6.45, 7) is 3.57. The minimum Gasteiger partial charge on any atom is -0.429 e. The maximum atomic E-state index is 14.5. The van der Waals surface area contributed by atoms with Crippen LogP contribution in [-0.4, -0.2) is 26.4 Å². The molecule has 0 spiro atoms. The van der Waals surface area contributed by atoms with Crippen LogP contribution in [0.1, 0.15) is 30.8 Å². The van der Waals surface area contributed by atoms with E-state index in [1.807, 2.05) is 19.1 Å². The van der Waals surface area contributed by atoms with Gasteiger partial charge in [0.1, 0.15) is 23.2 Å². The van der Waals surface area contributed by atoms with Gasteiger partial charge < -0.3 is 18.9 Å². The molecule has 9 heteroatoms. The van der Waals surface area contributed by atoms with Gasteiger partial charge in [0.25, 0.3) is 0 Å². The Morgan fingerprint density at radius 1 is 1.03 bits per heavy atom. The van der Waals surface area contributed by atoms with Gasteiger partial charge in [-0.3, -0.25) is 0 Å². The first kappa shape index (κ1) is 24.2. The molecule has 2 aromatic rings. The lowest BCUT2D eigenvalue weighted by atomic mass is 10.1. The normalized spacial score (nSPS) is 19.4. The van der Waals surface area contributed by atoms with E-state index >= 15 is 0 Å². The van der Waals surface area contributed by atoms with Crippen molar-refractivity contribution in [3.63, 3.8) is 0 Å². The SMILES string of the molecule is C/C=C/CCOCC1COC(c2ccc(C(F)(F)Oc3cc(F)cc(F)c3)c(F)c2)OC1. The van der Waals surface area contributed by atoms with E-state index in [1.165, 1.54) is 6.07 Å². The second-order valence-electron chi connectivity index (χ2n) is 7.26. The van der Waals surface area contributed by atoms with Gasteiger partial charge in [-0.05, 0) is 25.5 Å². The fraction of sp³-hybridized carbons (Fsp3) is 0.391. The molecule has 0 unspecified atom stereocenters. The van der Waals surface area contributed by atoms with Gasteiger partial charge >= 0.3 is 6.11 Å². The third kappa shape index (κ3) is 6.51. The first-order valence-electron chi connectivity index (χ1n) is 10.0. The van der Waals surface area contributed by atoms with E-state index in [2.05, 4.69) is 4.74 Å².